The maximum absolute atomic E-state index is 12.4. The lowest BCUT2D eigenvalue weighted by molar-refractivity contribution is -0.118. The van der Waals surface area contributed by atoms with Crippen molar-refractivity contribution in [1.29, 1.82) is 0 Å². The van der Waals surface area contributed by atoms with Crippen LogP contribution in [-0.4, -0.2) is 38.6 Å². The number of hydrogen-bond acceptors (Lipinski definition) is 3. The number of anilines is 2. The zero-order valence-electron chi connectivity index (χ0n) is 11.0. The van der Waals surface area contributed by atoms with Crippen LogP contribution in [0.25, 0.3) is 0 Å². The van der Waals surface area contributed by atoms with E-state index in [1.165, 1.54) is 0 Å². The average Bonchev–Trinajstić information content (AvgIpc) is 2.39. The number of nitrogens with zero attached hydrogens (tertiary/aromatic N) is 2. The maximum atomic E-state index is 12.4. The van der Waals surface area contributed by atoms with Gasteiger partial charge in [0.15, 0.2) is 0 Å². The fraction of sp³-hybridized carbons (Fsp3) is 0.500. The normalized spacial score (nSPS) is 23.5. The number of likely N-dealkylation sites (N-methyl/N-ethyl adjacent to an activating group) is 1. The van der Waals surface area contributed by atoms with Crippen LogP contribution < -0.4 is 15.1 Å². The largest absolute Gasteiger partial charge is 0.364 e. The molecule has 2 aliphatic heterocycles. The van der Waals surface area contributed by atoms with Gasteiger partial charge in [-0.05, 0) is 37.6 Å². The van der Waals surface area contributed by atoms with E-state index in [-0.39, 0.29) is 11.9 Å². The van der Waals surface area contributed by atoms with Gasteiger partial charge in [0, 0.05) is 24.1 Å². The van der Waals surface area contributed by atoms with Gasteiger partial charge in [-0.15, -0.1) is 0 Å². The first kappa shape index (κ1) is 12.9. The van der Waals surface area contributed by atoms with Gasteiger partial charge in [0.1, 0.15) is 0 Å². The molecule has 1 aromatic rings. The first-order valence-corrected chi connectivity index (χ1v) is 7.49. The Morgan fingerprint density at radius 2 is 2.21 bits per heavy atom. The topological polar surface area (TPSA) is 35.6 Å². The monoisotopic (exact) mass is 323 g/mol. The minimum absolute atomic E-state index is 0.196. The second-order valence-electron chi connectivity index (χ2n) is 5.25. The molecule has 0 aromatic heterocycles. The quantitative estimate of drug-likeness (QED) is 0.858. The number of amides is 1. The van der Waals surface area contributed by atoms with Crippen LogP contribution in [0, 0.1) is 0 Å². The number of halogens is 1. The highest BCUT2D eigenvalue weighted by atomic mass is 79.9. The number of piperidine rings is 1. The molecule has 3 rings (SSSR count). The molecule has 0 radical (unpaired) electrons. The first-order valence-electron chi connectivity index (χ1n) is 6.70. The van der Waals surface area contributed by atoms with Gasteiger partial charge in [0.05, 0.1) is 17.9 Å². The highest BCUT2D eigenvalue weighted by molar-refractivity contribution is 9.10. The predicted molar refractivity (Wildman–Crippen MR) is 80.8 cm³/mol. The van der Waals surface area contributed by atoms with Crippen LogP contribution in [0.2, 0.25) is 0 Å². The molecule has 1 aromatic carbocycles. The van der Waals surface area contributed by atoms with Gasteiger partial charge in [-0.3, -0.25) is 4.79 Å². The van der Waals surface area contributed by atoms with E-state index < -0.39 is 0 Å². The maximum Gasteiger partial charge on any atom is 0.246 e. The Hall–Kier alpha value is -1.07. The third-order valence-electron chi connectivity index (χ3n) is 3.89. The molecule has 19 heavy (non-hydrogen) atoms. The van der Waals surface area contributed by atoms with Crippen molar-refractivity contribution >= 4 is 33.2 Å². The number of hydrogen-bond donors (Lipinski definition) is 1. The van der Waals surface area contributed by atoms with Crippen molar-refractivity contribution in [3.8, 4) is 0 Å². The highest BCUT2D eigenvalue weighted by Gasteiger charge is 2.33. The summed E-state index contributed by atoms with van der Waals surface area (Å²) >= 11 is 3.51. The molecular weight excluding hydrogens is 306 g/mol. The standard InChI is InChI=1S/C14H18BrN3O/c1-17-9-14(19)18(11-3-2-6-16-8-11)13-7-10(15)4-5-12(13)17/h4-5,7,11,16H,2-3,6,8-9H2,1H3. The molecule has 4 nitrogen and oxygen atoms in total. The lowest BCUT2D eigenvalue weighted by Gasteiger charge is -2.41. The van der Waals surface area contributed by atoms with Gasteiger partial charge < -0.3 is 15.1 Å². The molecule has 5 heteroatoms. The van der Waals surface area contributed by atoms with Crippen molar-refractivity contribution in [2.75, 3.05) is 36.5 Å². The molecule has 0 bridgehead atoms. The number of rotatable bonds is 1. The van der Waals surface area contributed by atoms with E-state index in [2.05, 4.69) is 33.4 Å². The zero-order valence-corrected chi connectivity index (χ0v) is 12.6. The molecule has 1 saturated heterocycles. The van der Waals surface area contributed by atoms with Crippen molar-refractivity contribution in [1.82, 2.24) is 5.32 Å². The molecule has 0 spiro atoms. The Morgan fingerprint density at radius 1 is 1.37 bits per heavy atom. The Balaban J connectivity index is 2.01. The molecule has 2 aliphatic rings. The molecule has 0 saturated carbocycles. The van der Waals surface area contributed by atoms with Crippen LogP contribution in [0.1, 0.15) is 12.8 Å². The second kappa shape index (κ2) is 5.13. The molecular formula is C14H18BrN3O. The summed E-state index contributed by atoms with van der Waals surface area (Å²) in [5.41, 5.74) is 2.16. The summed E-state index contributed by atoms with van der Waals surface area (Å²) in [6.45, 7) is 2.41. The summed E-state index contributed by atoms with van der Waals surface area (Å²) < 4.78 is 1.02. The van der Waals surface area contributed by atoms with Crippen molar-refractivity contribution in [2.24, 2.45) is 0 Å². The van der Waals surface area contributed by atoms with Gasteiger partial charge in [0.25, 0.3) is 0 Å². The SMILES string of the molecule is CN1CC(=O)N(C2CCCNC2)c2cc(Br)ccc21. The van der Waals surface area contributed by atoms with Crippen LogP contribution in [0.5, 0.6) is 0 Å². The van der Waals surface area contributed by atoms with Gasteiger partial charge in [-0.2, -0.15) is 0 Å². The Bertz CT molecular complexity index is 499. The first-order chi connectivity index (χ1) is 9.16. The van der Waals surface area contributed by atoms with Gasteiger partial charge in [-0.1, -0.05) is 15.9 Å². The second-order valence-corrected chi connectivity index (χ2v) is 6.17. The average molecular weight is 324 g/mol. The third-order valence-corrected chi connectivity index (χ3v) is 4.38. The van der Waals surface area contributed by atoms with Gasteiger partial charge in [0.2, 0.25) is 5.91 Å². The predicted octanol–water partition coefficient (Wildman–Crippen LogP) is 1.98. The minimum atomic E-state index is 0.196. The fourth-order valence-electron chi connectivity index (χ4n) is 2.97. The zero-order chi connectivity index (χ0) is 13.4. The van der Waals surface area contributed by atoms with Crippen molar-refractivity contribution in [3.05, 3.63) is 22.7 Å². The number of carbonyl (C=O) groups is 1. The van der Waals surface area contributed by atoms with Gasteiger partial charge in [-0.25, -0.2) is 0 Å². The highest BCUT2D eigenvalue weighted by Crippen LogP contribution is 2.37. The number of carbonyl (C=O) groups excluding carboxylic acids is 1. The Morgan fingerprint density at radius 3 is 2.95 bits per heavy atom. The van der Waals surface area contributed by atoms with Crippen LogP contribution in [0.4, 0.5) is 11.4 Å². The molecule has 2 heterocycles. The Labute approximate surface area is 121 Å². The van der Waals surface area contributed by atoms with E-state index >= 15 is 0 Å². The van der Waals surface area contributed by atoms with E-state index in [0.29, 0.717) is 6.54 Å². The third kappa shape index (κ3) is 2.37. The summed E-state index contributed by atoms with van der Waals surface area (Å²) in [7, 11) is 1.97. The van der Waals surface area contributed by atoms with Crippen molar-refractivity contribution in [2.45, 2.75) is 18.9 Å². The van der Waals surface area contributed by atoms with Crippen LogP contribution in [0.15, 0.2) is 22.7 Å². The Kier molecular flexibility index (Phi) is 3.50. The lowest BCUT2D eigenvalue weighted by Crippen LogP contribution is -2.54. The fourth-order valence-corrected chi connectivity index (χ4v) is 3.31. The molecule has 1 unspecified atom stereocenters. The van der Waals surface area contributed by atoms with Crippen LogP contribution in [-0.2, 0) is 4.79 Å². The summed E-state index contributed by atoms with van der Waals surface area (Å²) in [5, 5.41) is 3.39. The number of nitrogens with one attached hydrogen (secondary N) is 1. The summed E-state index contributed by atoms with van der Waals surface area (Å²) in [4.78, 5) is 16.4. The molecule has 1 N–H and O–H groups in total. The molecule has 102 valence electrons. The minimum Gasteiger partial charge on any atom is -0.364 e. The van der Waals surface area contributed by atoms with Gasteiger partial charge >= 0.3 is 0 Å². The van der Waals surface area contributed by atoms with Crippen molar-refractivity contribution in [3.63, 3.8) is 0 Å². The molecule has 1 amide bonds. The van der Waals surface area contributed by atoms with E-state index in [0.717, 1.165) is 41.8 Å². The van der Waals surface area contributed by atoms with Crippen LogP contribution >= 0.6 is 15.9 Å². The smallest absolute Gasteiger partial charge is 0.246 e. The molecule has 1 fully saturated rings. The summed E-state index contributed by atoms with van der Waals surface area (Å²) in [5.74, 6) is 0.196. The summed E-state index contributed by atoms with van der Waals surface area (Å²) in [6.07, 6.45) is 2.21. The molecule has 0 aliphatic carbocycles. The van der Waals surface area contributed by atoms with Crippen molar-refractivity contribution < 1.29 is 4.79 Å². The van der Waals surface area contributed by atoms with E-state index in [4.69, 9.17) is 0 Å². The van der Waals surface area contributed by atoms with E-state index in [1.54, 1.807) is 0 Å². The number of fused-ring (bicyclic) bond motifs is 1. The summed E-state index contributed by atoms with van der Waals surface area (Å²) in [6, 6.07) is 6.44. The lowest BCUT2D eigenvalue weighted by atomic mass is 10.0. The van der Waals surface area contributed by atoms with Crippen LogP contribution in [0.3, 0.4) is 0 Å². The van der Waals surface area contributed by atoms with E-state index in [9.17, 15) is 4.79 Å². The number of benzene rings is 1. The molecule has 1 atom stereocenters. The van der Waals surface area contributed by atoms with E-state index in [1.807, 2.05) is 22.9 Å².